The van der Waals surface area contributed by atoms with Gasteiger partial charge < -0.3 is 5.32 Å². The maximum atomic E-state index is 4.95. The molecular weight excluding hydrogens is 342 g/mol. The molecule has 146 valence electrons. The summed E-state index contributed by atoms with van der Waals surface area (Å²) in [5.41, 5.74) is 5.84. The molecule has 0 amide bonds. The van der Waals surface area contributed by atoms with Crippen LogP contribution < -0.4 is 5.32 Å². The predicted octanol–water partition coefficient (Wildman–Crippen LogP) is 4.68. The fraction of sp³-hybridized carbons (Fsp3) is 0.400. The van der Waals surface area contributed by atoms with Crippen LogP contribution in [0.5, 0.6) is 0 Å². The van der Waals surface area contributed by atoms with Crippen LogP contribution in [0.1, 0.15) is 48.2 Å². The van der Waals surface area contributed by atoms with Gasteiger partial charge in [-0.25, -0.2) is 4.98 Å². The Hall–Kier alpha value is -2.23. The van der Waals surface area contributed by atoms with Crippen molar-refractivity contribution >= 4 is 11.6 Å². The van der Waals surface area contributed by atoms with Crippen LogP contribution in [-0.2, 0) is 0 Å². The Kier molecular flexibility index (Phi) is 6.35. The van der Waals surface area contributed by atoms with Gasteiger partial charge in [0.15, 0.2) is 0 Å². The number of hydrogen-bond donors (Lipinski definition) is 1. The highest BCUT2D eigenvalue weighted by atomic mass is 15.1. The summed E-state index contributed by atoms with van der Waals surface area (Å²) in [6.07, 6.45) is 12.0. The van der Waals surface area contributed by atoms with E-state index in [4.69, 9.17) is 4.98 Å². The van der Waals surface area contributed by atoms with Gasteiger partial charge in [0.2, 0.25) is 0 Å². The highest BCUT2D eigenvalue weighted by Crippen LogP contribution is 2.24. The Labute approximate surface area is 169 Å². The van der Waals surface area contributed by atoms with E-state index < -0.39 is 0 Å². The molecule has 1 aliphatic heterocycles. The monoisotopic (exact) mass is 373 g/mol. The molecule has 2 heterocycles. The van der Waals surface area contributed by atoms with Crippen molar-refractivity contribution in [2.75, 3.05) is 26.2 Å². The van der Waals surface area contributed by atoms with E-state index in [-0.39, 0.29) is 0 Å². The lowest BCUT2D eigenvalue weighted by molar-refractivity contribution is 0.377. The minimum atomic E-state index is 0.741. The van der Waals surface area contributed by atoms with Gasteiger partial charge in [0.1, 0.15) is 0 Å². The Morgan fingerprint density at radius 2 is 1.89 bits per heavy atom. The maximum Gasteiger partial charge on any atom is 0.0712 e. The van der Waals surface area contributed by atoms with Gasteiger partial charge >= 0.3 is 0 Å². The van der Waals surface area contributed by atoms with Gasteiger partial charge in [0.25, 0.3) is 0 Å². The van der Waals surface area contributed by atoms with Gasteiger partial charge in [0.05, 0.1) is 11.4 Å². The first-order valence-electron chi connectivity index (χ1n) is 10.6. The molecular formula is C25H31N3. The summed E-state index contributed by atoms with van der Waals surface area (Å²) >= 11 is 0. The minimum Gasteiger partial charge on any atom is -0.311 e. The minimum absolute atomic E-state index is 0.741. The van der Waals surface area contributed by atoms with Gasteiger partial charge in [-0.05, 0) is 69.5 Å². The summed E-state index contributed by atoms with van der Waals surface area (Å²) in [5.74, 6) is 0. The second-order valence-electron chi connectivity index (χ2n) is 8.02. The normalized spacial score (nSPS) is 18.2. The molecule has 0 spiro atoms. The summed E-state index contributed by atoms with van der Waals surface area (Å²) in [4.78, 5) is 7.48. The summed E-state index contributed by atoms with van der Waals surface area (Å²) in [6, 6.07) is 15.9. The number of benzene rings is 1. The summed E-state index contributed by atoms with van der Waals surface area (Å²) in [6.45, 7) is 6.48. The summed E-state index contributed by atoms with van der Waals surface area (Å²) in [5, 5.41) is 3.52. The van der Waals surface area contributed by atoms with Crippen LogP contribution in [0.4, 0.5) is 0 Å². The molecule has 2 fully saturated rings. The quantitative estimate of drug-likeness (QED) is 0.728. The first-order chi connectivity index (χ1) is 13.8. The van der Waals surface area contributed by atoms with E-state index >= 15 is 0 Å². The SMILES string of the molecule is Cc1ccc(/C(=C\CN2CCCC2)c2cccc(/C=C/CNC3CC3)n2)cc1. The zero-order valence-electron chi connectivity index (χ0n) is 16.9. The van der Waals surface area contributed by atoms with Gasteiger partial charge in [0, 0.05) is 24.7 Å². The third kappa shape index (κ3) is 5.40. The molecule has 0 unspecified atom stereocenters. The second kappa shape index (κ2) is 9.31. The molecule has 1 saturated heterocycles. The van der Waals surface area contributed by atoms with Crippen molar-refractivity contribution in [3.63, 3.8) is 0 Å². The van der Waals surface area contributed by atoms with Gasteiger partial charge in [-0.15, -0.1) is 0 Å². The molecule has 0 radical (unpaired) electrons. The third-order valence-corrected chi connectivity index (χ3v) is 5.55. The van der Waals surface area contributed by atoms with Crippen molar-refractivity contribution in [1.29, 1.82) is 0 Å². The second-order valence-corrected chi connectivity index (χ2v) is 8.02. The lowest BCUT2D eigenvalue weighted by Crippen LogP contribution is -2.19. The average molecular weight is 374 g/mol. The van der Waals surface area contributed by atoms with E-state index in [0.717, 1.165) is 30.5 Å². The van der Waals surface area contributed by atoms with Crippen LogP contribution in [0.2, 0.25) is 0 Å². The number of nitrogens with one attached hydrogen (secondary N) is 1. The van der Waals surface area contributed by atoms with Crippen molar-refractivity contribution in [2.24, 2.45) is 0 Å². The van der Waals surface area contributed by atoms with Crippen molar-refractivity contribution < 1.29 is 0 Å². The van der Waals surface area contributed by atoms with Crippen LogP contribution in [0, 0.1) is 6.92 Å². The number of likely N-dealkylation sites (tertiary alicyclic amines) is 1. The first-order valence-corrected chi connectivity index (χ1v) is 10.6. The molecule has 1 aromatic heterocycles. The highest BCUT2D eigenvalue weighted by molar-refractivity contribution is 5.78. The molecule has 1 saturated carbocycles. The van der Waals surface area contributed by atoms with E-state index in [9.17, 15) is 0 Å². The third-order valence-electron chi connectivity index (χ3n) is 5.55. The van der Waals surface area contributed by atoms with Crippen molar-refractivity contribution in [1.82, 2.24) is 15.2 Å². The smallest absolute Gasteiger partial charge is 0.0712 e. The predicted molar refractivity (Wildman–Crippen MR) is 118 cm³/mol. The Bertz CT molecular complexity index is 825. The molecule has 4 rings (SSSR count). The largest absolute Gasteiger partial charge is 0.311 e. The summed E-state index contributed by atoms with van der Waals surface area (Å²) < 4.78 is 0. The lowest BCUT2D eigenvalue weighted by Gasteiger charge is -2.14. The highest BCUT2D eigenvalue weighted by Gasteiger charge is 2.19. The fourth-order valence-electron chi connectivity index (χ4n) is 3.69. The van der Waals surface area contributed by atoms with Crippen molar-refractivity contribution in [3.05, 3.63) is 77.1 Å². The first kappa shape index (κ1) is 19.1. The topological polar surface area (TPSA) is 28.2 Å². The molecule has 2 aromatic rings. The van der Waals surface area contributed by atoms with Crippen LogP contribution in [0.25, 0.3) is 11.6 Å². The number of hydrogen-bond acceptors (Lipinski definition) is 3. The molecule has 3 nitrogen and oxygen atoms in total. The fourth-order valence-corrected chi connectivity index (χ4v) is 3.69. The molecule has 1 aromatic carbocycles. The van der Waals surface area contributed by atoms with Gasteiger partial charge in [-0.3, -0.25) is 4.90 Å². The van der Waals surface area contributed by atoms with Gasteiger partial charge in [-0.1, -0.05) is 48.0 Å². The summed E-state index contributed by atoms with van der Waals surface area (Å²) in [7, 11) is 0. The Morgan fingerprint density at radius 3 is 2.64 bits per heavy atom. The number of aryl methyl sites for hydroxylation is 1. The molecule has 1 aliphatic carbocycles. The number of rotatable bonds is 8. The zero-order chi connectivity index (χ0) is 19.2. The Morgan fingerprint density at radius 1 is 1.11 bits per heavy atom. The maximum absolute atomic E-state index is 4.95. The molecule has 28 heavy (non-hydrogen) atoms. The average Bonchev–Trinajstić information content (AvgIpc) is 3.40. The number of aromatic nitrogens is 1. The van der Waals surface area contributed by atoms with Crippen molar-refractivity contribution in [2.45, 2.75) is 38.6 Å². The molecule has 2 aliphatic rings. The van der Waals surface area contributed by atoms with E-state index in [1.165, 1.54) is 55.5 Å². The molecule has 0 atom stereocenters. The zero-order valence-corrected chi connectivity index (χ0v) is 16.9. The number of nitrogens with zero attached hydrogens (tertiary/aromatic N) is 2. The Balaban J connectivity index is 1.54. The van der Waals surface area contributed by atoms with Crippen molar-refractivity contribution in [3.8, 4) is 0 Å². The van der Waals surface area contributed by atoms with E-state index in [1.807, 2.05) is 0 Å². The van der Waals surface area contributed by atoms with E-state index in [1.54, 1.807) is 0 Å². The van der Waals surface area contributed by atoms with Crippen LogP contribution in [0.15, 0.2) is 54.6 Å². The molecule has 1 N–H and O–H groups in total. The van der Waals surface area contributed by atoms with Gasteiger partial charge in [-0.2, -0.15) is 0 Å². The lowest BCUT2D eigenvalue weighted by atomic mass is 10.00. The van der Waals surface area contributed by atoms with E-state index in [2.05, 4.69) is 77.8 Å². The van der Waals surface area contributed by atoms with E-state index in [0.29, 0.717) is 0 Å². The van der Waals surface area contributed by atoms with Crippen LogP contribution >= 0.6 is 0 Å². The standard InChI is InChI=1S/C25H31N3/c1-20-9-11-21(12-10-20)24(15-19-28-17-2-3-18-28)25-8-4-6-23(27-25)7-5-16-26-22-13-14-22/h4-12,15,22,26H,2-3,13-14,16-19H2,1H3/b7-5+,24-15+. The van der Waals surface area contributed by atoms with Crippen LogP contribution in [-0.4, -0.2) is 42.1 Å². The molecule has 0 bridgehead atoms. The molecule has 3 heteroatoms. The van der Waals surface area contributed by atoms with Crippen LogP contribution in [0.3, 0.4) is 0 Å². The number of pyridine rings is 1.